The average Bonchev–Trinajstić information content (AvgIpc) is 2.50. The van der Waals surface area contributed by atoms with E-state index in [1.54, 1.807) is 37.9 Å². The zero-order valence-electron chi connectivity index (χ0n) is 12.0. The zero-order chi connectivity index (χ0) is 15.2. The van der Waals surface area contributed by atoms with E-state index in [2.05, 4.69) is 0 Å². The minimum Gasteiger partial charge on any atom is -0.495 e. The first kappa shape index (κ1) is 15.3. The van der Waals surface area contributed by atoms with Crippen molar-refractivity contribution in [2.75, 3.05) is 19.5 Å². The van der Waals surface area contributed by atoms with Gasteiger partial charge in [-0.1, -0.05) is 11.8 Å². The summed E-state index contributed by atoms with van der Waals surface area (Å²) in [6.07, 6.45) is 0. The Hall–Kier alpha value is -2.14. The van der Waals surface area contributed by atoms with Crippen molar-refractivity contribution in [1.29, 1.82) is 0 Å². The van der Waals surface area contributed by atoms with Crippen LogP contribution in [0.2, 0.25) is 0 Å². The average molecular weight is 303 g/mol. The number of nitrogens with two attached hydrogens (primary N) is 1. The Bertz CT molecular complexity index is 626. The molecule has 0 aliphatic heterocycles. The molecule has 0 saturated heterocycles. The highest BCUT2D eigenvalue weighted by molar-refractivity contribution is 7.99. The van der Waals surface area contributed by atoms with Gasteiger partial charge in [0.1, 0.15) is 5.75 Å². The molecule has 0 saturated carbocycles. The van der Waals surface area contributed by atoms with Crippen LogP contribution in [0, 0.1) is 0 Å². The fourth-order valence-corrected chi connectivity index (χ4v) is 2.61. The predicted octanol–water partition coefficient (Wildman–Crippen LogP) is 3.61. The number of nitrogen functional groups attached to an aromatic ring is 1. The molecule has 0 fully saturated rings. The number of hydrogen-bond donors (Lipinski definition) is 1. The summed E-state index contributed by atoms with van der Waals surface area (Å²) in [5.41, 5.74) is 6.95. The third-order valence-corrected chi connectivity index (χ3v) is 3.80. The van der Waals surface area contributed by atoms with E-state index in [4.69, 9.17) is 15.2 Å². The van der Waals surface area contributed by atoms with Crippen molar-refractivity contribution < 1.29 is 14.3 Å². The lowest BCUT2D eigenvalue weighted by Gasteiger charge is -2.08. The molecule has 0 bridgehead atoms. The summed E-state index contributed by atoms with van der Waals surface area (Å²) in [5, 5.41) is 0. The molecule has 2 rings (SSSR count). The molecule has 4 nitrogen and oxygen atoms in total. The van der Waals surface area contributed by atoms with E-state index in [0.717, 1.165) is 9.79 Å². The van der Waals surface area contributed by atoms with Gasteiger partial charge in [-0.05, 0) is 49.4 Å². The first-order chi connectivity index (χ1) is 10.1. The topological polar surface area (TPSA) is 61.5 Å². The minimum atomic E-state index is -0.303. The van der Waals surface area contributed by atoms with Crippen LogP contribution in [-0.2, 0) is 4.74 Å². The smallest absolute Gasteiger partial charge is 0.338 e. The largest absolute Gasteiger partial charge is 0.495 e. The van der Waals surface area contributed by atoms with E-state index >= 15 is 0 Å². The second-order valence-corrected chi connectivity index (χ2v) is 5.40. The van der Waals surface area contributed by atoms with Gasteiger partial charge in [0.25, 0.3) is 0 Å². The maximum atomic E-state index is 11.6. The number of ether oxygens (including phenoxy) is 2. The van der Waals surface area contributed by atoms with E-state index in [-0.39, 0.29) is 5.97 Å². The molecule has 5 heteroatoms. The second kappa shape index (κ2) is 7.04. The molecule has 0 radical (unpaired) electrons. The maximum Gasteiger partial charge on any atom is 0.338 e. The van der Waals surface area contributed by atoms with Crippen LogP contribution in [0.1, 0.15) is 17.3 Å². The molecule has 2 aromatic rings. The number of benzene rings is 2. The molecule has 0 spiro atoms. The molecule has 0 unspecified atom stereocenters. The normalized spacial score (nSPS) is 10.2. The first-order valence-electron chi connectivity index (χ1n) is 6.52. The number of esters is 1. The molecule has 0 atom stereocenters. The fourth-order valence-electron chi connectivity index (χ4n) is 1.76. The van der Waals surface area contributed by atoms with Crippen molar-refractivity contribution >= 4 is 23.4 Å². The first-order valence-corrected chi connectivity index (χ1v) is 7.34. The van der Waals surface area contributed by atoms with Crippen molar-refractivity contribution in [3.8, 4) is 5.75 Å². The summed E-state index contributed by atoms with van der Waals surface area (Å²) >= 11 is 1.57. The van der Waals surface area contributed by atoms with Gasteiger partial charge in [-0.25, -0.2) is 4.79 Å². The molecular formula is C16H17NO3S. The SMILES string of the molecule is CCOC(=O)c1ccc(Sc2ccc(N)c(OC)c2)cc1. The Morgan fingerprint density at radius 1 is 1.14 bits per heavy atom. The summed E-state index contributed by atoms with van der Waals surface area (Å²) in [5.74, 6) is 0.353. The molecule has 2 aromatic carbocycles. The van der Waals surface area contributed by atoms with Crippen LogP contribution < -0.4 is 10.5 Å². The molecule has 0 aliphatic carbocycles. The second-order valence-electron chi connectivity index (χ2n) is 4.25. The lowest BCUT2D eigenvalue weighted by molar-refractivity contribution is 0.0526. The van der Waals surface area contributed by atoms with Crippen molar-refractivity contribution in [3.63, 3.8) is 0 Å². The number of anilines is 1. The van der Waals surface area contributed by atoms with Crippen LogP contribution in [0.25, 0.3) is 0 Å². The fraction of sp³-hybridized carbons (Fsp3) is 0.188. The third kappa shape index (κ3) is 3.92. The van der Waals surface area contributed by atoms with Crippen LogP contribution in [0.15, 0.2) is 52.3 Å². The number of carbonyl (C=O) groups excluding carboxylic acids is 1. The van der Waals surface area contributed by atoms with Gasteiger partial charge in [-0.2, -0.15) is 0 Å². The number of methoxy groups -OCH3 is 1. The highest BCUT2D eigenvalue weighted by Gasteiger charge is 2.07. The van der Waals surface area contributed by atoms with Crippen LogP contribution >= 0.6 is 11.8 Å². The van der Waals surface area contributed by atoms with E-state index in [9.17, 15) is 4.79 Å². The van der Waals surface area contributed by atoms with Crippen LogP contribution in [0.5, 0.6) is 5.75 Å². The van der Waals surface area contributed by atoms with E-state index in [1.807, 2.05) is 30.3 Å². The van der Waals surface area contributed by atoms with E-state index < -0.39 is 0 Å². The summed E-state index contributed by atoms with van der Waals surface area (Å²) in [7, 11) is 1.59. The van der Waals surface area contributed by atoms with Crippen LogP contribution in [0.4, 0.5) is 5.69 Å². The summed E-state index contributed by atoms with van der Waals surface area (Å²) < 4.78 is 10.2. The number of carbonyl (C=O) groups is 1. The van der Waals surface area contributed by atoms with Gasteiger partial charge in [-0.3, -0.25) is 0 Å². The number of hydrogen-bond acceptors (Lipinski definition) is 5. The lowest BCUT2D eigenvalue weighted by Crippen LogP contribution is -2.03. The number of rotatable bonds is 5. The van der Waals surface area contributed by atoms with E-state index in [1.165, 1.54) is 0 Å². The summed E-state index contributed by atoms with van der Waals surface area (Å²) in [4.78, 5) is 13.6. The summed E-state index contributed by atoms with van der Waals surface area (Å²) in [6, 6.07) is 12.9. The Labute approximate surface area is 128 Å². The summed E-state index contributed by atoms with van der Waals surface area (Å²) in [6.45, 7) is 2.16. The molecular weight excluding hydrogens is 286 g/mol. The van der Waals surface area contributed by atoms with Crippen molar-refractivity contribution in [1.82, 2.24) is 0 Å². The highest BCUT2D eigenvalue weighted by atomic mass is 32.2. The van der Waals surface area contributed by atoms with E-state index in [0.29, 0.717) is 23.6 Å². The standard InChI is InChI=1S/C16H17NO3S/c1-3-20-16(18)11-4-6-12(7-5-11)21-13-8-9-14(17)15(10-13)19-2/h4-10H,3,17H2,1-2H3. The van der Waals surface area contributed by atoms with Crippen molar-refractivity contribution in [2.45, 2.75) is 16.7 Å². The third-order valence-electron chi connectivity index (χ3n) is 2.81. The Kier molecular flexibility index (Phi) is 5.11. The van der Waals surface area contributed by atoms with Crippen LogP contribution in [-0.4, -0.2) is 19.7 Å². The van der Waals surface area contributed by atoms with Gasteiger partial charge in [-0.15, -0.1) is 0 Å². The Morgan fingerprint density at radius 3 is 2.43 bits per heavy atom. The minimum absolute atomic E-state index is 0.303. The monoisotopic (exact) mass is 303 g/mol. The quantitative estimate of drug-likeness (QED) is 0.675. The van der Waals surface area contributed by atoms with Crippen LogP contribution in [0.3, 0.4) is 0 Å². The molecule has 0 amide bonds. The molecule has 2 N–H and O–H groups in total. The Balaban J connectivity index is 2.11. The molecule has 0 aromatic heterocycles. The van der Waals surface area contributed by atoms with Gasteiger partial charge in [0.2, 0.25) is 0 Å². The van der Waals surface area contributed by atoms with Gasteiger partial charge in [0, 0.05) is 9.79 Å². The lowest BCUT2D eigenvalue weighted by atomic mass is 10.2. The maximum absolute atomic E-state index is 11.6. The molecule has 0 heterocycles. The molecule has 110 valence electrons. The molecule has 21 heavy (non-hydrogen) atoms. The van der Waals surface area contributed by atoms with Gasteiger partial charge in [0.05, 0.1) is 25.0 Å². The van der Waals surface area contributed by atoms with Crippen molar-refractivity contribution in [2.24, 2.45) is 0 Å². The zero-order valence-corrected chi connectivity index (χ0v) is 12.8. The Morgan fingerprint density at radius 2 is 1.81 bits per heavy atom. The predicted molar refractivity (Wildman–Crippen MR) is 83.9 cm³/mol. The molecule has 0 aliphatic rings. The van der Waals surface area contributed by atoms with Gasteiger partial charge >= 0.3 is 5.97 Å². The van der Waals surface area contributed by atoms with Gasteiger partial charge < -0.3 is 15.2 Å². The van der Waals surface area contributed by atoms with Gasteiger partial charge in [0.15, 0.2) is 0 Å². The van der Waals surface area contributed by atoms with Crippen molar-refractivity contribution in [3.05, 3.63) is 48.0 Å². The highest BCUT2D eigenvalue weighted by Crippen LogP contribution is 2.32.